The van der Waals surface area contributed by atoms with Crippen molar-refractivity contribution in [3.8, 4) is 0 Å². The molecule has 0 aliphatic heterocycles. The van der Waals surface area contributed by atoms with Crippen LogP contribution in [0.25, 0.3) is 21.7 Å². The van der Waals surface area contributed by atoms with Gasteiger partial charge in [-0.05, 0) is 295 Å². The standard InChI is InChI=1S/3C12H18.C10H8.C9H7N.C5H5N.C4H5N.C4H4O.C4H4S.29C2H6/c3*1-7-8(2)10(4)12(6)11(5)9(7)3;1-2-6-10-8-4-3-7-9(10)5-1;1-2-6-9-8(4-1)5-3-7-10-9;1-2-4-6-5-3-1;3*1-2-4-5-3-1;29*1-2/h3*1-6H3;1-8H;1-7H;1-5H;1-5H;2*1-4H;29*1-2H3. The van der Waals surface area contributed by atoms with Crippen molar-refractivity contribution in [1.29, 1.82) is 0 Å². The van der Waals surface area contributed by atoms with Gasteiger partial charge in [-0.1, -0.05) is 493 Å². The first-order chi connectivity index (χ1) is 65.8. The van der Waals surface area contributed by atoms with E-state index in [4.69, 9.17) is 0 Å². The summed E-state index contributed by atoms with van der Waals surface area (Å²) in [7, 11) is 0. The van der Waals surface area contributed by atoms with Gasteiger partial charge in [0.25, 0.3) is 0 Å². The minimum absolute atomic E-state index is 1.06. The normalized spacial score (nSPS) is 6.81. The van der Waals surface area contributed by atoms with Gasteiger partial charge in [0.15, 0.2) is 0 Å². The second-order valence-electron chi connectivity index (χ2n) is 19.3. The van der Waals surface area contributed by atoms with Crippen molar-refractivity contribution in [2.45, 2.75) is 526 Å². The molecule has 0 amide bonds. The first kappa shape index (κ1) is 202. The smallest absolute Gasteiger partial charge is 0.0902 e. The molecule has 11 rings (SSSR count). The van der Waals surface area contributed by atoms with Crippen LogP contribution < -0.4 is 0 Å². The molecule has 1 N–H and O–H groups in total. The van der Waals surface area contributed by atoms with Crippen LogP contribution in [0, 0.1) is 125 Å². The lowest BCUT2D eigenvalue weighted by Crippen LogP contribution is -1.98. The van der Waals surface area contributed by atoms with Gasteiger partial charge in [0.05, 0.1) is 18.0 Å². The summed E-state index contributed by atoms with van der Waals surface area (Å²) >= 11 is 1.71. The molecular weight excluding hydrogens is 1650 g/mol. The van der Waals surface area contributed by atoms with Crippen molar-refractivity contribution >= 4 is 33.0 Å². The summed E-state index contributed by atoms with van der Waals surface area (Å²) in [5.41, 5.74) is 27.2. The zero-order chi connectivity index (χ0) is 115. The Morgan fingerprint density at radius 2 is 0.341 bits per heavy atom. The Morgan fingerprint density at radius 1 is 0.170 bits per heavy atom. The number of thiophene rings is 1. The summed E-state index contributed by atoms with van der Waals surface area (Å²) in [6, 6.07) is 46.1. The maximum atomic E-state index is 4.58. The highest BCUT2D eigenvalue weighted by molar-refractivity contribution is 7.07. The Hall–Kier alpha value is -7.60. The minimum atomic E-state index is 1.06. The number of hydrogen-bond donors (Lipinski definition) is 1. The average molecular weight is 1910 g/mol. The average Bonchev–Trinajstić information content (AvgIpc) is 1.00. The third-order valence-electron chi connectivity index (χ3n) is 15.2. The molecule has 135 heavy (non-hydrogen) atoms. The summed E-state index contributed by atoms with van der Waals surface area (Å²) in [6.45, 7) is 156. The Morgan fingerprint density at radius 3 is 0.459 bits per heavy atom. The van der Waals surface area contributed by atoms with E-state index in [9.17, 15) is 0 Å². The van der Waals surface area contributed by atoms with Crippen molar-refractivity contribution < 1.29 is 4.42 Å². The van der Waals surface area contributed by atoms with Crippen LogP contribution in [0.1, 0.15) is 502 Å². The van der Waals surface area contributed by atoms with Crippen molar-refractivity contribution in [1.82, 2.24) is 15.0 Å². The molecule has 0 fully saturated rings. The van der Waals surface area contributed by atoms with Crippen LogP contribution in [0.2, 0.25) is 0 Å². The van der Waals surface area contributed by atoms with E-state index in [1.807, 2.05) is 510 Å². The molecule has 6 aromatic carbocycles. The van der Waals surface area contributed by atoms with E-state index in [-0.39, 0.29) is 0 Å². The van der Waals surface area contributed by atoms with Crippen molar-refractivity contribution in [2.24, 2.45) is 0 Å². The van der Waals surface area contributed by atoms with Crippen LogP contribution in [0.5, 0.6) is 0 Å². The molecule has 0 radical (unpaired) electrons. The second kappa shape index (κ2) is 218. The SMILES string of the molecule is CC.CC.CC.CC.CC.CC.CC.CC.CC.CC.CC.CC.CC.CC.CC.CC.CC.CC.CC.CC.CC.CC.CC.CC.CC.CC.CC.CC.CC.Cc1c(C)c(C)c(C)c(C)c1C.Cc1c(C)c(C)c(C)c(C)c1C.Cc1c(C)c(C)c(C)c(C)c1C.c1cc[nH]c1.c1ccc2ccccc2c1.c1ccc2ncccc2c1.c1ccncc1.c1ccoc1.c1ccsc1. The van der Waals surface area contributed by atoms with Crippen molar-refractivity contribution in [2.75, 3.05) is 0 Å². The van der Waals surface area contributed by atoms with Crippen LogP contribution in [-0.2, 0) is 0 Å². The Balaban J connectivity index is -0.0000000367. The molecule has 11 aromatic rings. The molecule has 5 aromatic heterocycles. The van der Waals surface area contributed by atoms with Crippen LogP contribution in [-0.4, -0.2) is 15.0 Å². The fraction of sp³-hybridized carbons (Fsp3) is 0.585. The third-order valence-corrected chi connectivity index (χ3v) is 15.8. The number of benzene rings is 6. The van der Waals surface area contributed by atoms with Gasteiger partial charge < -0.3 is 9.40 Å². The molecule has 0 bridgehead atoms. The molecule has 0 saturated heterocycles. The molecule has 5 heteroatoms. The summed E-state index contributed by atoms with van der Waals surface area (Å²) in [6.07, 6.45) is 12.3. The number of furan rings is 1. The zero-order valence-electron chi connectivity index (χ0n) is 108. The number of aromatic amines is 1. The monoisotopic (exact) mass is 1910 g/mol. The van der Waals surface area contributed by atoms with Crippen LogP contribution in [0.3, 0.4) is 0 Å². The van der Waals surface area contributed by atoms with Gasteiger partial charge in [-0.3, -0.25) is 9.97 Å². The summed E-state index contributed by atoms with van der Waals surface area (Å²) in [5, 5.41) is 7.90. The Labute approximate surface area is 866 Å². The number of H-pyrrole nitrogens is 1. The molecule has 5 heterocycles. The van der Waals surface area contributed by atoms with Crippen LogP contribution >= 0.6 is 11.3 Å². The van der Waals surface area contributed by atoms with Crippen LogP contribution in [0.4, 0.5) is 0 Å². The van der Waals surface area contributed by atoms with Crippen LogP contribution in [0.15, 0.2) is 198 Å². The Kier molecular flexibility index (Phi) is 327. The van der Waals surface area contributed by atoms with Gasteiger partial charge in [-0.2, -0.15) is 11.3 Å². The minimum Gasteiger partial charge on any atom is -0.473 e. The number of hydrogen-bond acceptors (Lipinski definition) is 4. The predicted molar refractivity (Wildman–Crippen MR) is 667 cm³/mol. The molecule has 0 aliphatic carbocycles. The molecule has 0 spiro atoms. The summed E-state index contributed by atoms with van der Waals surface area (Å²) in [5.74, 6) is 0. The van der Waals surface area contributed by atoms with Gasteiger partial charge in [-0.15, -0.1) is 0 Å². The van der Waals surface area contributed by atoms with E-state index in [1.54, 1.807) is 36.3 Å². The van der Waals surface area contributed by atoms with Crippen molar-refractivity contribution in [3.05, 3.63) is 294 Å². The first-order valence-corrected chi connectivity index (χ1v) is 56.5. The lowest BCUT2D eigenvalue weighted by Gasteiger charge is -2.15. The molecule has 0 aliphatic rings. The largest absolute Gasteiger partial charge is 0.473 e. The van der Waals surface area contributed by atoms with Gasteiger partial charge in [0, 0.05) is 36.4 Å². The number of para-hydroxylation sites is 1. The predicted octanol–water partition coefficient (Wildman–Crippen LogP) is 50.6. The highest BCUT2D eigenvalue weighted by Crippen LogP contribution is 2.27. The lowest BCUT2D eigenvalue weighted by molar-refractivity contribution is 0.567. The lowest BCUT2D eigenvalue weighted by atomic mass is 9.90. The number of rotatable bonds is 0. The molecule has 4 nitrogen and oxygen atoms in total. The summed E-state index contributed by atoms with van der Waals surface area (Å²) in [4.78, 5) is 10.8. The fourth-order valence-corrected chi connectivity index (χ4v) is 8.71. The highest BCUT2D eigenvalue weighted by Gasteiger charge is 2.10. The highest BCUT2D eigenvalue weighted by atomic mass is 32.1. The van der Waals surface area contributed by atoms with Gasteiger partial charge in [0.2, 0.25) is 0 Å². The maximum absolute atomic E-state index is 4.58. The molecule has 0 unspecified atom stereocenters. The number of nitrogens with one attached hydrogen (secondary N) is 1. The molecular formula is C130H261N3OS. The number of pyridine rings is 2. The number of fused-ring (bicyclic) bond motifs is 2. The van der Waals surface area contributed by atoms with Gasteiger partial charge >= 0.3 is 0 Å². The topological polar surface area (TPSA) is 54.7 Å². The maximum Gasteiger partial charge on any atom is 0.0902 e. The van der Waals surface area contributed by atoms with E-state index in [1.165, 1.54) is 116 Å². The number of nitrogens with zero attached hydrogens (tertiary/aromatic N) is 2. The van der Waals surface area contributed by atoms with E-state index < -0.39 is 0 Å². The van der Waals surface area contributed by atoms with Gasteiger partial charge in [0.1, 0.15) is 0 Å². The quantitative estimate of drug-likeness (QED) is 0.165. The fourth-order valence-electron chi connectivity index (χ4n) is 8.26. The summed E-state index contributed by atoms with van der Waals surface area (Å²) < 4.78 is 4.58. The number of aromatic nitrogens is 3. The van der Waals surface area contributed by atoms with E-state index in [0.29, 0.717) is 0 Å². The third kappa shape index (κ3) is 133. The van der Waals surface area contributed by atoms with E-state index in [2.05, 4.69) is 205 Å². The van der Waals surface area contributed by atoms with E-state index >= 15 is 0 Å². The zero-order valence-corrected chi connectivity index (χ0v) is 109. The second-order valence-corrected chi connectivity index (χ2v) is 20.1. The van der Waals surface area contributed by atoms with Gasteiger partial charge in [-0.25, -0.2) is 0 Å². The van der Waals surface area contributed by atoms with Crippen molar-refractivity contribution in [3.63, 3.8) is 0 Å². The Bertz CT molecular complexity index is 2550. The molecule has 0 saturated carbocycles. The first-order valence-electron chi connectivity index (χ1n) is 55.5. The molecule has 808 valence electrons. The molecule has 0 atom stereocenters. The van der Waals surface area contributed by atoms with E-state index in [0.717, 1.165) is 5.52 Å².